The highest BCUT2D eigenvalue weighted by atomic mass is 16.2. The molecule has 0 bridgehead atoms. The summed E-state index contributed by atoms with van der Waals surface area (Å²) in [7, 11) is 0. The molecule has 4 rings (SSSR count). The molecule has 140 valence electrons. The first-order chi connectivity index (χ1) is 13.1. The fourth-order valence-electron chi connectivity index (χ4n) is 3.93. The first-order valence-electron chi connectivity index (χ1n) is 9.44. The number of hydrogen-bond donors (Lipinski definition) is 0. The average Bonchev–Trinajstić information content (AvgIpc) is 3.10. The summed E-state index contributed by atoms with van der Waals surface area (Å²) in [6, 6.07) is 13.7. The number of hydrogen-bond acceptors (Lipinski definition) is 4. The number of carbonyl (C=O) groups excluding carboxylic acids is 2. The third-order valence-electron chi connectivity index (χ3n) is 5.45. The number of benzene rings is 1. The fourth-order valence-corrected chi connectivity index (χ4v) is 3.93. The fraction of sp³-hybridized carbons (Fsp3) is 0.381. The van der Waals surface area contributed by atoms with E-state index in [9.17, 15) is 9.59 Å². The standard InChI is InChI=1S/C21H24N4O2/c1-16-6-2-3-7-18(16)25-15-17(14-20(25)26)21(27)24-12-10-23(11-13-24)19-8-4-5-9-22-19/h2-9,17H,10-15H2,1H3. The summed E-state index contributed by atoms with van der Waals surface area (Å²) in [6.07, 6.45) is 2.09. The number of rotatable bonds is 3. The lowest BCUT2D eigenvalue weighted by Crippen LogP contribution is -2.51. The van der Waals surface area contributed by atoms with Crippen LogP contribution < -0.4 is 9.80 Å². The minimum atomic E-state index is -0.251. The summed E-state index contributed by atoms with van der Waals surface area (Å²) in [5.74, 6) is 0.833. The van der Waals surface area contributed by atoms with Crippen molar-refractivity contribution in [3.63, 3.8) is 0 Å². The molecule has 0 N–H and O–H groups in total. The molecular weight excluding hydrogens is 340 g/mol. The molecule has 3 heterocycles. The lowest BCUT2D eigenvalue weighted by atomic mass is 10.1. The van der Waals surface area contributed by atoms with Crippen molar-refractivity contribution in [1.29, 1.82) is 0 Å². The smallest absolute Gasteiger partial charge is 0.228 e. The molecule has 6 nitrogen and oxygen atoms in total. The Balaban J connectivity index is 1.38. The zero-order valence-corrected chi connectivity index (χ0v) is 15.5. The van der Waals surface area contributed by atoms with Crippen LogP contribution in [0.2, 0.25) is 0 Å². The van der Waals surface area contributed by atoms with Crippen molar-refractivity contribution in [3.8, 4) is 0 Å². The van der Waals surface area contributed by atoms with Crippen molar-refractivity contribution < 1.29 is 9.59 Å². The Morgan fingerprint density at radius 2 is 1.78 bits per heavy atom. The molecule has 0 aliphatic carbocycles. The second-order valence-electron chi connectivity index (χ2n) is 7.19. The Hall–Kier alpha value is -2.89. The predicted molar refractivity (Wildman–Crippen MR) is 105 cm³/mol. The van der Waals surface area contributed by atoms with Gasteiger partial charge < -0.3 is 14.7 Å². The molecule has 0 spiro atoms. The Bertz CT molecular complexity index is 831. The van der Waals surface area contributed by atoms with Crippen molar-refractivity contribution in [2.45, 2.75) is 13.3 Å². The van der Waals surface area contributed by atoms with Gasteiger partial charge in [-0.2, -0.15) is 0 Å². The highest BCUT2D eigenvalue weighted by molar-refractivity contribution is 6.00. The number of anilines is 2. The van der Waals surface area contributed by atoms with Crippen LogP contribution in [0.15, 0.2) is 48.7 Å². The number of amides is 2. The van der Waals surface area contributed by atoms with Crippen molar-refractivity contribution in [2.75, 3.05) is 42.5 Å². The minimum Gasteiger partial charge on any atom is -0.353 e. The first kappa shape index (κ1) is 17.5. The molecule has 1 unspecified atom stereocenters. The average molecular weight is 364 g/mol. The van der Waals surface area contributed by atoms with Crippen LogP contribution in [0, 0.1) is 12.8 Å². The second kappa shape index (κ2) is 7.39. The van der Waals surface area contributed by atoms with Gasteiger partial charge in [-0.25, -0.2) is 4.98 Å². The third-order valence-corrected chi connectivity index (χ3v) is 5.45. The Kier molecular flexibility index (Phi) is 4.79. The largest absolute Gasteiger partial charge is 0.353 e. The summed E-state index contributed by atoms with van der Waals surface area (Å²) in [4.78, 5) is 35.7. The van der Waals surface area contributed by atoms with E-state index in [1.54, 1.807) is 11.1 Å². The van der Waals surface area contributed by atoms with E-state index in [1.807, 2.05) is 54.3 Å². The van der Waals surface area contributed by atoms with Crippen molar-refractivity contribution in [2.24, 2.45) is 5.92 Å². The molecule has 2 aliphatic heterocycles. The Labute approximate surface area is 159 Å². The molecule has 2 fully saturated rings. The SMILES string of the molecule is Cc1ccccc1N1CC(C(=O)N2CCN(c3ccccn3)CC2)CC1=O. The monoisotopic (exact) mass is 364 g/mol. The third kappa shape index (κ3) is 3.52. The highest BCUT2D eigenvalue weighted by Gasteiger charge is 2.38. The highest BCUT2D eigenvalue weighted by Crippen LogP contribution is 2.29. The van der Waals surface area contributed by atoms with Crippen LogP contribution in [0.1, 0.15) is 12.0 Å². The molecular formula is C21H24N4O2. The van der Waals surface area contributed by atoms with Crippen LogP contribution in [0.5, 0.6) is 0 Å². The minimum absolute atomic E-state index is 0.0368. The summed E-state index contributed by atoms with van der Waals surface area (Å²) in [5.41, 5.74) is 1.97. The van der Waals surface area contributed by atoms with Crippen LogP contribution in [-0.4, -0.2) is 54.4 Å². The van der Waals surface area contributed by atoms with E-state index in [0.717, 1.165) is 30.2 Å². The second-order valence-corrected chi connectivity index (χ2v) is 7.19. The van der Waals surface area contributed by atoms with Gasteiger partial charge in [0.15, 0.2) is 0 Å². The van der Waals surface area contributed by atoms with E-state index < -0.39 is 0 Å². The number of piperazine rings is 1. The van der Waals surface area contributed by atoms with E-state index in [-0.39, 0.29) is 17.7 Å². The Morgan fingerprint density at radius 1 is 1.04 bits per heavy atom. The van der Waals surface area contributed by atoms with E-state index in [0.29, 0.717) is 26.1 Å². The van der Waals surface area contributed by atoms with Gasteiger partial charge in [-0.1, -0.05) is 24.3 Å². The van der Waals surface area contributed by atoms with Crippen LogP contribution in [0.4, 0.5) is 11.5 Å². The molecule has 2 saturated heterocycles. The molecule has 1 aromatic carbocycles. The predicted octanol–water partition coefficient (Wildman–Crippen LogP) is 2.09. The summed E-state index contributed by atoms with van der Waals surface area (Å²) in [6.45, 7) is 5.35. The summed E-state index contributed by atoms with van der Waals surface area (Å²) in [5, 5.41) is 0. The zero-order valence-electron chi connectivity index (χ0n) is 15.5. The number of carbonyl (C=O) groups is 2. The van der Waals surface area contributed by atoms with E-state index >= 15 is 0 Å². The van der Waals surface area contributed by atoms with E-state index in [4.69, 9.17) is 0 Å². The van der Waals surface area contributed by atoms with Gasteiger partial charge in [0, 0.05) is 51.0 Å². The molecule has 2 amide bonds. The molecule has 2 aliphatic rings. The van der Waals surface area contributed by atoms with Crippen molar-refractivity contribution >= 4 is 23.3 Å². The number of para-hydroxylation sites is 1. The van der Waals surface area contributed by atoms with Crippen LogP contribution in [-0.2, 0) is 9.59 Å². The van der Waals surface area contributed by atoms with Crippen LogP contribution in [0.3, 0.4) is 0 Å². The van der Waals surface area contributed by atoms with Gasteiger partial charge in [0.1, 0.15) is 5.82 Å². The molecule has 1 atom stereocenters. The lowest BCUT2D eigenvalue weighted by molar-refractivity contribution is -0.136. The molecule has 27 heavy (non-hydrogen) atoms. The van der Waals surface area contributed by atoms with Gasteiger partial charge in [-0.15, -0.1) is 0 Å². The van der Waals surface area contributed by atoms with Crippen molar-refractivity contribution in [1.82, 2.24) is 9.88 Å². The molecule has 2 aromatic rings. The summed E-state index contributed by atoms with van der Waals surface area (Å²) < 4.78 is 0. The van der Waals surface area contributed by atoms with Gasteiger partial charge in [0.2, 0.25) is 11.8 Å². The molecule has 6 heteroatoms. The topological polar surface area (TPSA) is 56.8 Å². The number of aromatic nitrogens is 1. The summed E-state index contributed by atoms with van der Waals surface area (Å²) >= 11 is 0. The van der Waals surface area contributed by atoms with Crippen LogP contribution in [0.25, 0.3) is 0 Å². The molecule has 0 saturated carbocycles. The quantitative estimate of drug-likeness (QED) is 0.837. The Morgan fingerprint density at radius 3 is 2.48 bits per heavy atom. The number of nitrogens with zero attached hydrogens (tertiary/aromatic N) is 4. The van der Waals surface area contributed by atoms with Gasteiger partial charge in [-0.3, -0.25) is 9.59 Å². The molecule has 1 aromatic heterocycles. The van der Waals surface area contributed by atoms with Crippen molar-refractivity contribution in [3.05, 3.63) is 54.2 Å². The van der Waals surface area contributed by atoms with E-state index in [1.165, 1.54) is 0 Å². The van der Waals surface area contributed by atoms with Gasteiger partial charge in [0.25, 0.3) is 0 Å². The maximum absolute atomic E-state index is 13.0. The maximum atomic E-state index is 13.0. The van der Waals surface area contributed by atoms with Gasteiger partial charge in [-0.05, 0) is 30.7 Å². The van der Waals surface area contributed by atoms with Gasteiger partial charge in [0.05, 0.1) is 5.92 Å². The number of aryl methyl sites for hydroxylation is 1. The normalized spacial score (nSPS) is 20.3. The lowest BCUT2D eigenvalue weighted by Gasteiger charge is -2.36. The molecule has 0 radical (unpaired) electrons. The first-order valence-corrected chi connectivity index (χ1v) is 9.44. The van der Waals surface area contributed by atoms with Crippen LogP contribution >= 0.6 is 0 Å². The van der Waals surface area contributed by atoms with E-state index in [2.05, 4.69) is 9.88 Å². The number of pyridine rings is 1. The zero-order chi connectivity index (χ0) is 18.8. The maximum Gasteiger partial charge on any atom is 0.228 e. The van der Waals surface area contributed by atoms with Gasteiger partial charge >= 0.3 is 0 Å².